The van der Waals surface area contributed by atoms with Crippen molar-refractivity contribution in [3.05, 3.63) is 84.0 Å². The van der Waals surface area contributed by atoms with E-state index in [1.54, 1.807) is 72.8 Å². The van der Waals surface area contributed by atoms with Crippen LogP contribution in [0, 0.1) is 0 Å². The molecule has 0 N–H and O–H groups in total. The van der Waals surface area contributed by atoms with E-state index in [1.165, 1.54) is 14.2 Å². The summed E-state index contributed by atoms with van der Waals surface area (Å²) in [4.78, 5) is 32.9. The molecule has 6 nitrogen and oxygen atoms in total. The Labute approximate surface area is 162 Å². The third-order valence-electron chi connectivity index (χ3n) is 3.99. The van der Waals surface area contributed by atoms with Gasteiger partial charge in [0, 0.05) is 0 Å². The van der Waals surface area contributed by atoms with Crippen LogP contribution in [-0.4, -0.2) is 37.5 Å². The van der Waals surface area contributed by atoms with Crippen molar-refractivity contribution in [2.24, 2.45) is 9.98 Å². The lowest BCUT2D eigenvalue weighted by atomic mass is 10.1. The standard InChI is InChI=1S/C22H18N2O4/c1-27-19-9-5-3-7-17(19)21(25)23-15-11-13-16(14-12-15)24-22(26)18-8-4-6-10-20(18)28-2/h3-14H,1-2H3. The molecule has 1 aliphatic carbocycles. The normalized spacial score (nSPS) is 12.5. The molecule has 0 spiro atoms. The smallest absolute Gasteiger partial charge is 0.281 e. The molecule has 0 fully saturated rings. The second-order valence-electron chi connectivity index (χ2n) is 5.75. The summed E-state index contributed by atoms with van der Waals surface area (Å²) in [5.74, 6) is 0.107. The number of hydrogen-bond donors (Lipinski definition) is 0. The Morgan fingerprint density at radius 1 is 0.643 bits per heavy atom. The van der Waals surface area contributed by atoms with Crippen molar-refractivity contribution in [2.45, 2.75) is 0 Å². The van der Waals surface area contributed by atoms with Crippen molar-refractivity contribution in [1.29, 1.82) is 0 Å². The van der Waals surface area contributed by atoms with E-state index in [0.717, 1.165) is 0 Å². The number of carbonyl (C=O) groups excluding carboxylic acids is 2. The fourth-order valence-corrected chi connectivity index (χ4v) is 2.60. The largest absolute Gasteiger partial charge is 0.496 e. The zero-order valence-corrected chi connectivity index (χ0v) is 15.5. The summed E-state index contributed by atoms with van der Waals surface area (Å²) in [5.41, 5.74) is 1.68. The van der Waals surface area contributed by atoms with Crippen LogP contribution in [-0.2, 0) is 0 Å². The Morgan fingerprint density at radius 2 is 1.00 bits per heavy atom. The molecule has 3 rings (SSSR count). The minimum atomic E-state index is -0.410. The van der Waals surface area contributed by atoms with Crippen LogP contribution in [0.2, 0.25) is 0 Å². The quantitative estimate of drug-likeness (QED) is 0.765. The van der Waals surface area contributed by atoms with E-state index < -0.39 is 11.8 Å². The molecule has 140 valence electrons. The van der Waals surface area contributed by atoms with E-state index in [-0.39, 0.29) is 0 Å². The van der Waals surface area contributed by atoms with Crippen molar-refractivity contribution in [3.63, 3.8) is 0 Å². The second kappa shape index (κ2) is 8.73. The molecule has 0 radical (unpaired) electrons. The molecule has 0 saturated heterocycles. The summed E-state index contributed by atoms with van der Waals surface area (Å²) in [6, 6.07) is 13.8. The van der Waals surface area contributed by atoms with Gasteiger partial charge in [-0.3, -0.25) is 9.59 Å². The van der Waals surface area contributed by atoms with Crippen LogP contribution in [0.3, 0.4) is 0 Å². The minimum Gasteiger partial charge on any atom is -0.496 e. The molecule has 28 heavy (non-hydrogen) atoms. The van der Waals surface area contributed by atoms with Crippen molar-refractivity contribution in [2.75, 3.05) is 14.2 Å². The topological polar surface area (TPSA) is 77.3 Å². The van der Waals surface area contributed by atoms with Gasteiger partial charge in [0.15, 0.2) is 0 Å². The highest BCUT2D eigenvalue weighted by atomic mass is 16.5. The van der Waals surface area contributed by atoms with E-state index >= 15 is 0 Å². The van der Waals surface area contributed by atoms with Crippen molar-refractivity contribution in [1.82, 2.24) is 0 Å². The van der Waals surface area contributed by atoms with E-state index in [9.17, 15) is 9.59 Å². The summed E-state index contributed by atoms with van der Waals surface area (Å²) in [7, 11) is 3.00. The van der Waals surface area contributed by atoms with Crippen LogP contribution in [0.5, 0.6) is 11.5 Å². The van der Waals surface area contributed by atoms with Gasteiger partial charge in [-0.15, -0.1) is 0 Å². The molecule has 0 aromatic heterocycles. The molecular formula is C22H18N2O4. The lowest BCUT2D eigenvalue weighted by Gasteiger charge is -2.06. The maximum atomic E-state index is 12.4. The van der Waals surface area contributed by atoms with Crippen LogP contribution >= 0.6 is 0 Å². The number of aliphatic imine (C=N–C) groups is 2. The van der Waals surface area contributed by atoms with Crippen LogP contribution < -0.4 is 9.47 Å². The first kappa shape index (κ1) is 19.0. The zero-order chi connectivity index (χ0) is 19.9. The number of carbonyl (C=O) groups is 2. The van der Waals surface area contributed by atoms with Gasteiger partial charge in [-0.2, -0.15) is 0 Å². The lowest BCUT2D eigenvalue weighted by molar-refractivity contribution is 0.0991. The predicted octanol–water partition coefficient (Wildman–Crippen LogP) is 3.69. The number of ether oxygens (including phenoxy) is 2. The molecular weight excluding hydrogens is 356 g/mol. The SMILES string of the molecule is COc1ccccc1C(=O)N=C1C=CC(=NC(=O)c2ccccc2OC)C=C1. The highest BCUT2D eigenvalue weighted by molar-refractivity contribution is 6.23. The number of para-hydroxylation sites is 2. The van der Waals surface area contributed by atoms with E-state index in [1.807, 2.05) is 0 Å². The monoisotopic (exact) mass is 374 g/mol. The molecule has 0 atom stereocenters. The van der Waals surface area contributed by atoms with Crippen LogP contribution in [0.4, 0.5) is 0 Å². The van der Waals surface area contributed by atoms with Crippen LogP contribution in [0.25, 0.3) is 0 Å². The second-order valence-corrected chi connectivity index (χ2v) is 5.75. The third-order valence-corrected chi connectivity index (χ3v) is 3.99. The Hall–Kier alpha value is -3.80. The van der Waals surface area contributed by atoms with Crippen LogP contribution in [0.1, 0.15) is 20.7 Å². The molecule has 1 aliphatic rings. The fourth-order valence-electron chi connectivity index (χ4n) is 2.60. The number of allylic oxidation sites excluding steroid dienone is 4. The number of benzene rings is 2. The average Bonchev–Trinajstić information content (AvgIpc) is 2.74. The summed E-state index contributed by atoms with van der Waals surface area (Å²) in [6.07, 6.45) is 6.51. The van der Waals surface area contributed by atoms with Gasteiger partial charge in [0.25, 0.3) is 11.8 Å². The number of rotatable bonds is 4. The molecule has 0 heterocycles. The third kappa shape index (κ3) is 4.29. The Bertz CT molecular complexity index is 933. The Balaban J connectivity index is 1.76. The van der Waals surface area contributed by atoms with Gasteiger partial charge in [-0.05, 0) is 48.6 Å². The first-order chi connectivity index (χ1) is 13.6. The number of nitrogens with zero attached hydrogens (tertiary/aromatic N) is 2. The first-order valence-electron chi connectivity index (χ1n) is 8.50. The number of amides is 2. The number of hydrogen-bond acceptors (Lipinski definition) is 4. The van der Waals surface area contributed by atoms with Crippen molar-refractivity contribution >= 4 is 23.2 Å². The van der Waals surface area contributed by atoms with Gasteiger partial charge in [-0.25, -0.2) is 9.98 Å². The molecule has 2 aromatic carbocycles. The molecule has 6 heteroatoms. The average molecular weight is 374 g/mol. The molecule has 2 aromatic rings. The summed E-state index contributed by atoms with van der Waals surface area (Å²) in [6.45, 7) is 0. The van der Waals surface area contributed by atoms with E-state index in [0.29, 0.717) is 34.0 Å². The maximum absolute atomic E-state index is 12.4. The number of methoxy groups -OCH3 is 2. The highest BCUT2D eigenvalue weighted by Gasteiger charge is 2.13. The van der Waals surface area contributed by atoms with Crippen LogP contribution in [0.15, 0.2) is 82.8 Å². The molecule has 0 aliphatic heterocycles. The van der Waals surface area contributed by atoms with Gasteiger partial charge < -0.3 is 9.47 Å². The summed E-state index contributed by atoms with van der Waals surface area (Å²) >= 11 is 0. The van der Waals surface area contributed by atoms with E-state index in [2.05, 4.69) is 9.98 Å². The van der Waals surface area contributed by atoms with Gasteiger partial charge in [-0.1, -0.05) is 24.3 Å². The van der Waals surface area contributed by atoms with Crippen molar-refractivity contribution < 1.29 is 19.1 Å². The van der Waals surface area contributed by atoms with Gasteiger partial charge in [0.2, 0.25) is 0 Å². The Kier molecular flexibility index (Phi) is 5.91. The summed E-state index contributed by atoms with van der Waals surface area (Å²) in [5, 5.41) is 0. The molecule has 2 amide bonds. The zero-order valence-electron chi connectivity index (χ0n) is 15.5. The lowest BCUT2D eigenvalue weighted by Crippen LogP contribution is -2.07. The molecule has 0 saturated carbocycles. The molecule has 0 unspecified atom stereocenters. The minimum absolute atomic E-state index is 0.380. The highest BCUT2D eigenvalue weighted by Crippen LogP contribution is 2.19. The predicted molar refractivity (Wildman–Crippen MR) is 108 cm³/mol. The van der Waals surface area contributed by atoms with Crippen molar-refractivity contribution in [3.8, 4) is 11.5 Å². The van der Waals surface area contributed by atoms with E-state index in [4.69, 9.17) is 9.47 Å². The Morgan fingerprint density at radius 3 is 1.36 bits per heavy atom. The molecule has 0 bridgehead atoms. The summed E-state index contributed by atoms with van der Waals surface area (Å²) < 4.78 is 10.4. The van der Waals surface area contributed by atoms with Gasteiger partial charge in [0.05, 0.1) is 36.8 Å². The van der Waals surface area contributed by atoms with Gasteiger partial charge >= 0.3 is 0 Å². The first-order valence-corrected chi connectivity index (χ1v) is 8.50. The maximum Gasteiger partial charge on any atom is 0.281 e. The fraction of sp³-hybridized carbons (Fsp3) is 0.0909. The van der Waals surface area contributed by atoms with Gasteiger partial charge in [0.1, 0.15) is 11.5 Å².